The third-order valence-corrected chi connectivity index (χ3v) is 25.9. The Kier molecular flexibility index (Phi) is 36.7. The fourth-order valence-corrected chi connectivity index (χ4v) is 18.2. The van der Waals surface area contributed by atoms with Crippen molar-refractivity contribution in [1.29, 1.82) is 0 Å². The first-order valence-electron chi connectivity index (χ1n) is 42.3. The van der Waals surface area contributed by atoms with Gasteiger partial charge in [0.05, 0.1) is 114 Å². The van der Waals surface area contributed by atoms with Crippen molar-refractivity contribution in [2.45, 2.75) is 370 Å². The van der Waals surface area contributed by atoms with Crippen LogP contribution in [-0.2, 0) is 80.5 Å². The van der Waals surface area contributed by atoms with Crippen LogP contribution in [-0.4, -0.2) is 587 Å². The molecule has 9 saturated heterocycles. The van der Waals surface area contributed by atoms with Crippen LogP contribution in [0.25, 0.3) is 0 Å². The molecule has 9 aliphatic heterocycles. The minimum atomic E-state index is -2.23. The Morgan fingerprint density at radius 2 is 0.431 bits per heavy atom. The largest absolute Gasteiger partial charge is 0.394 e. The first-order chi connectivity index (χ1) is 61.6. The molecule has 55 nitrogen and oxygen atoms in total. The van der Waals surface area contributed by atoms with E-state index in [2.05, 4.69) is 16.0 Å². The summed E-state index contributed by atoms with van der Waals surface area (Å²) >= 11 is 0. The van der Waals surface area contributed by atoms with Gasteiger partial charge in [-0.1, -0.05) is 18.2 Å². The molecule has 0 unspecified atom stereocenters. The molecule has 55 heteroatoms. The van der Waals surface area contributed by atoms with E-state index in [0.29, 0.717) is 0 Å². The fraction of sp³-hybridized carbons (Fsp3) is 0.920. The summed E-state index contributed by atoms with van der Waals surface area (Å²) in [5.41, 5.74) is -0.495. The molecule has 0 aromatic heterocycles. The highest BCUT2D eigenvalue weighted by molar-refractivity contribution is 5.26. The summed E-state index contributed by atoms with van der Waals surface area (Å²) in [5.74, 6) is 0. The molecule has 12 rings (SSSR count). The number of rotatable bonds is 31. The summed E-state index contributed by atoms with van der Waals surface area (Å²) in [6, 6.07) is -8.16. The van der Waals surface area contributed by atoms with Gasteiger partial charge in [-0.15, -0.1) is 0 Å². The first-order valence-corrected chi connectivity index (χ1v) is 42.3. The number of hydrogen-bond acceptors (Lipinski definition) is 55. The van der Waals surface area contributed by atoms with Gasteiger partial charge in [-0.05, 0) is 37.5 Å². The molecule has 3 aliphatic carbocycles. The topological polar surface area (TPSA) is 901 Å². The van der Waals surface area contributed by atoms with Crippen LogP contribution in [0.3, 0.4) is 0 Å². The van der Waals surface area contributed by atoms with E-state index in [-0.39, 0.29) is 16.7 Å². The van der Waals surface area contributed by atoms with Crippen molar-refractivity contribution in [2.24, 2.45) is 0 Å². The summed E-state index contributed by atoms with van der Waals surface area (Å²) in [4.78, 5) is 0. The summed E-state index contributed by atoms with van der Waals surface area (Å²) in [6.45, 7) is -4.55. The maximum Gasteiger partial charge on any atom is 0.189 e. The van der Waals surface area contributed by atoms with Crippen LogP contribution in [0.15, 0.2) is 34.9 Å². The molecule has 38 N–H and O–H groups in total. The minimum Gasteiger partial charge on any atom is -0.394 e. The van der Waals surface area contributed by atoms with Crippen LogP contribution < -0.4 is 16.0 Å². The molecule has 0 spiro atoms. The second-order valence-electron chi connectivity index (χ2n) is 34.3. The van der Waals surface area contributed by atoms with Gasteiger partial charge in [0.2, 0.25) is 0 Å². The van der Waals surface area contributed by atoms with E-state index < -0.39 is 409 Å². The van der Waals surface area contributed by atoms with Crippen LogP contribution >= 0.6 is 0 Å². The van der Waals surface area contributed by atoms with Crippen molar-refractivity contribution < 1.29 is 259 Å². The fourth-order valence-electron chi connectivity index (χ4n) is 18.2. The van der Waals surface area contributed by atoms with E-state index in [1.165, 1.54) is 26.8 Å². The number of ether oxygens (including phenoxy) is 17. The standard InChI is InChI=1S/C75H125N3O52/c1-16-31(76-22-4-19(7-79)34(88)42(96)35(22)89)39(93)51(105)67(114-16)125-62-26(11-83)118-70(55(109)46(62)100)123-60-20(8-80)5-23(36(90)44(60)98)77-32-17(2)115-68(52(106)40(32)94)126-63-27(12-84)119-71(56(110)47(63)101)124-61-21(9-81)6-24(37(91)45(61)99)78-33-18(3)116-69(53(107)41(33)95)127-64-28(13-85)120-72(57(111)48(64)102)128-65-29(14-86)121-73(58(112)49(65)103)129-66-30(15-87)122-75(59(113)50(66)104)130-74-54(108)43(97)38(92)25(10-82)117-74/h4-6,16-18,22-113H,7-15H2,1-3H3/t16-,17-,18-,22-,23-,24-,25-,26+,27+,28+,29+,30+,31-,32-,33-,34-,35+,36+,37+,38-,39+,40+,41+,42+,43+,44-,45-,46+,47+,48+,49+,50+,51-,52-,53-,54-,55+,56+,57+,58+,59+,60-,61-,62+,63+,64+,65+,66+,67+,68+,69+,70-,71-,72-,73-,74+,75-/m0/s1. The van der Waals surface area contributed by atoms with Crippen molar-refractivity contribution in [1.82, 2.24) is 16.0 Å². The Morgan fingerprint density at radius 1 is 0.215 bits per heavy atom. The second kappa shape index (κ2) is 45.1. The Bertz CT molecular complexity index is 3610. The molecule has 0 bridgehead atoms. The van der Waals surface area contributed by atoms with Crippen LogP contribution in [0, 0.1) is 0 Å². The van der Waals surface area contributed by atoms with E-state index in [0.717, 1.165) is 12.2 Å². The number of hydrogen-bond donors (Lipinski definition) is 38. The molecule has 752 valence electrons. The molecular formula is C75H125N3O52. The van der Waals surface area contributed by atoms with Gasteiger partial charge < -0.3 is 275 Å². The van der Waals surface area contributed by atoms with Crippen molar-refractivity contribution >= 4 is 0 Å². The van der Waals surface area contributed by atoms with Gasteiger partial charge in [0.15, 0.2) is 56.6 Å². The minimum absolute atomic E-state index is 0.0485. The monoisotopic (exact) mass is 1900 g/mol. The van der Waals surface area contributed by atoms with Gasteiger partial charge >= 0.3 is 0 Å². The molecule has 0 aromatic rings. The molecule has 9 fully saturated rings. The molecule has 57 atom stereocenters. The number of nitrogens with one attached hydrogen (secondary N) is 3. The average Bonchev–Trinajstić information content (AvgIpc) is 0.772. The quantitative estimate of drug-likeness (QED) is 0.0287. The Morgan fingerprint density at radius 3 is 0.692 bits per heavy atom. The smallest absolute Gasteiger partial charge is 0.189 e. The van der Waals surface area contributed by atoms with Gasteiger partial charge in [0.25, 0.3) is 0 Å². The summed E-state index contributed by atoms with van der Waals surface area (Å²) in [5, 5.41) is 392. The molecule has 130 heavy (non-hydrogen) atoms. The first kappa shape index (κ1) is 106. The van der Waals surface area contributed by atoms with Gasteiger partial charge in [0, 0.05) is 0 Å². The van der Waals surface area contributed by atoms with E-state index in [4.69, 9.17) is 80.5 Å². The third kappa shape index (κ3) is 21.5. The van der Waals surface area contributed by atoms with Crippen molar-refractivity contribution in [3.63, 3.8) is 0 Å². The van der Waals surface area contributed by atoms with Gasteiger partial charge in [-0.3, -0.25) is 0 Å². The number of aliphatic hydroxyl groups is 35. The van der Waals surface area contributed by atoms with Crippen LogP contribution in [0.1, 0.15) is 20.8 Å². The van der Waals surface area contributed by atoms with Crippen LogP contribution in [0.4, 0.5) is 0 Å². The third-order valence-electron chi connectivity index (χ3n) is 25.9. The lowest BCUT2D eigenvalue weighted by atomic mass is 9.86. The second-order valence-corrected chi connectivity index (χ2v) is 34.3. The van der Waals surface area contributed by atoms with E-state index >= 15 is 0 Å². The lowest BCUT2D eigenvalue weighted by Crippen LogP contribution is -2.69. The van der Waals surface area contributed by atoms with Gasteiger partial charge in [-0.25, -0.2) is 0 Å². The van der Waals surface area contributed by atoms with Gasteiger partial charge in [-0.2, -0.15) is 0 Å². The van der Waals surface area contributed by atoms with Crippen molar-refractivity contribution in [3.8, 4) is 0 Å². The molecule has 0 radical (unpaired) electrons. The maximum atomic E-state index is 11.7. The SMILES string of the molecule is C[C@@H]1O[C@H](O[C@H]2[C@H](O)[C@@H](O)[C@H](O[C@H]3[C@H](O)[C@@H](O)[C@H](O[C@H]4[C@H](O)[C@@H](O)[C@H](O[C@H]5O[C@@H](CO)[C@H](O)[C@@H](O)[C@@H]5O)O[C@@H]4CO)O[C@@H]3CO)O[C@@H]2CO)[C@@H](O)[C@H](O)[C@H]1N[C@H]1C=C(CO)[C@H](O[C@@H]2O[C@H](CO)[C@@H](O[C@H]3O[C@@H](C)[C@H](N[C@H]4C=C(CO)[C@H](O[C@@H]5O[C@H](CO)[C@@H](O[C@H]6O[C@@H](C)[C@H](N[C@H]7C=C(CO)[C@H](O)[C@@H](O)[C@@H]7O)[C@@H](O)[C@@H]6O)[C@H](O)[C@H]5O)[C@@H](O)[C@@H]4O)[C@@H](O)[C@@H]3O)[C@H](O)[C@H]2O)[C@@H](O)[C@@H]1O. The predicted molar refractivity (Wildman–Crippen MR) is 407 cm³/mol. The van der Waals surface area contributed by atoms with Gasteiger partial charge in [0.1, 0.15) is 238 Å². The lowest BCUT2D eigenvalue weighted by Gasteiger charge is -2.49. The molecule has 0 aromatic carbocycles. The van der Waals surface area contributed by atoms with Crippen LogP contribution in [0.5, 0.6) is 0 Å². The zero-order valence-corrected chi connectivity index (χ0v) is 69.6. The van der Waals surface area contributed by atoms with Crippen molar-refractivity contribution in [2.75, 3.05) is 59.5 Å². The van der Waals surface area contributed by atoms with E-state index in [9.17, 15) is 179 Å². The highest BCUT2D eigenvalue weighted by Gasteiger charge is 2.61. The molecule has 9 heterocycles. The van der Waals surface area contributed by atoms with Crippen molar-refractivity contribution in [3.05, 3.63) is 34.9 Å². The predicted octanol–water partition coefficient (Wildman–Crippen LogP) is -23.6. The summed E-state index contributed by atoms with van der Waals surface area (Å²) in [7, 11) is 0. The maximum absolute atomic E-state index is 11.7. The molecule has 0 amide bonds. The van der Waals surface area contributed by atoms with E-state index in [1.807, 2.05) is 0 Å². The normalized spacial score (nSPS) is 52.9. The highest BCUT2D eigenvalue weighted by atomic mass is 16.8. The highest BCUT2D eigenvalue weighted by Crippen LogP contribution is 2.41. The van der Waals surface area contributed by atoms with Crippen LogP contribution in [0.2, 0.25) is 0 Å². The lowest BCUT2D eigenvalue weighted by molar-refractivity contribution is -0.399. The Balaban J connectivity index is 0.604. The zero-order valence-electron chi connectivity index (χ0n) is 69.6. The van der Waals surface area contributed by atoms with E-state index in [1.54, 1.807) is 0 Å². The number of aliphatic hydroxyl groups excluding tert-OH is 35. The summed E-state index contributed by atoms with van der Waals surface area (Å²) < 4.78 is 97.6. The Labute approximate surface area is 737 Å². The molecular weight excluding hydrogens is 1770 g/mol. The average molecular weight is 1900 g/mol. The Hall–Kier alpha value is -2.98. The summed E-state index contributed by atoms with van der Waals surface area (Å²) in [6.07, 6.45) is -93.1. The zero-order chi connectivity index (χ0) is 95.3. The molecule has 0 saturated carbocycles. The molecule has 12 aliphatic rings.